The lowest BCUT2D eigenvalue weighted by atomic mass is 10.2. The topological polar surface area (TPSA) is 126 Å². The Morgan fingerprint density at radius 2 is 1.66 bits per heavy atom. The maximum atomic E-state index is 13.2. The van der Waals surface area contributed by atoms with Gasteiger partial charge in [0.2, 0.25) is 15.9 Å². The average molecular weight is 551 g/mol. The van der Waals surface area contributed by atoms with Crippen molar-refractivity contribution in [2.45, 2.75) is 17.9 Å². The smallest absolute Gasteiger partial charge is 0.251 e. The summed E-state index contributed by atoms with van der Waals surface area (Å²) in [6, 6.07) is 20.7. The summed E-state index contributed by atoms with van der Waals surface area (Å²) in [6.07, 6.45) is 0. The number of aromatic nitrogens is 1. The summed E-state index contributed by atoms with van der Waals surface area (Å²) >= 11 is 1.20. The largest absolute Gasteiger partial charge is 0.497 e. The number of amides is 2. The lowest BCUT2D eigenvalue weighted by Gasteiger charge is -2.18. The van der Waals surface area contributed by atoms with Crippen LogP contribution in [0, 0.1) is 6.92 Å². The van der Waals surface area contributed by atoms with Crippen LogP contribution >= 0.6 is 11.3 Å². The minimum absolute atomic E-state index is 0.00586. The number of thiazole rings is 1. The Labute approximate surface area is 224 Å². The predicted octanol–water partition coefficient (Wildman–Crippen LogP) is 3.84. The second-order valence-corrected chi connectivity index (χ2v) is 10.9. The molecule has 0 aliphatic carbocycles. The van der Waals surface area contributed by atoms with Crippen molar-refractivity contribution in [2.75, 3.05) is 19.0 Å². The normalized spacial score (nSPS) is 11.9. The van der Waals surface area contributed by atoms with Crippen LogP contribution in [0.2, 0.25) is 0 Å². The highest BCUT2D eigenvalue weighted by atomic mass is 32.2. The van der Waals surface area contributed by atoms with Gasteiger partial charge in [-0.2, -0.15) is 4.72 Å². The molecule has 1 atom stereocenters. The van der Waals surface area contributed by atoms with Crippen LogP contribution in [0.15, 0.2) is 89.1 Å². The summed E-state index contributed by atoms with van der Waals surface area (Å²) in [4.78, 5) is 30.2. The highest BCUT2D eigenvalue weighted by molar-refractivity contribution is 7.89. The van der Waals surface area contributed by atoms with E-state index in [-0.39, 0.29) is 16.6 Å². The zero-order valence-electron chi connectivity index (χ0n) is 20.7. The first-order valence-electron chi connectivity index (χ1n) is 11.6. The van der Waals surface area contributed by atoms with Crippen molar-refractivity contribution in [2.24, 2.45) is 0 Å². The second kappa shape index (κ2) is 12.0. The number of aryl methyl sites for hydroxylation is 1. The zero-order valence-corrected chi connectivity index (χ0v) is 22.3. The third kappa shape index (κ3) is 6.82. The Hall–Kier alpha value is -4.06. The van der Waals surface area contributed by atoms with Crippen molar-refractivity contribution in [3.05, 3.63) is 95.4 Å². The van der Waals surface area contributed by atoms with E-state index in [0.717, 1.165) is 11.1 Å². The van der Waals surface area contributed by atoms with Crippen LogP contribution in [0.5, 0.6) is 5.75 Å². The second-order valence-electron chi connectivity index (χ2n) is 8.32. The van der Waals surface area contributed by atoms with Gasteiger partial charge in [0, 0.05) is 23.1 Å². The van der Waals surface area contributed by atoms with E-state index in [9.17, 15) is 18.0 Å². The summed E-state index contributed by atoms with van der Waals surface area (Å²) in [7, 11) is -2.48. The summed E-state index contributed by atoms with van der Waals surface area (Å²) in [6.45, 7) is 1.56. The van der Waals surface area contributed by atoms with Gasteiger partial charge < -0.3 is 15.4 Å². The first-order valence-corrected chi connectivity index (χ1v) is 13.9. The summed E-state index contributed by atoms with van der Waals surface area (Å²) in [5.74, 6) is -0.391. The van der Waals surface area contributed by atoms with Crippen LogP contribution in [0.3, 0.4) is 0 Å². The fourth-order valence-corrected chi connectivity index (χ4v) is 5.38. The number of sulfonamides is 1. The zero-order chi connectivity index (χ0) is 27.1. The molecular formula is C27H26N4O5S2. The van der Waals surface area contributed by atoms with Crippen molar-refractivity contribution >= 4 is 38.3 Å². The highest BCUT2D eigenvalue weighted by Gasteiger charge is 2.27. The van der Waals surface area contributed by atoms with Gasteiger partial charge in [-0.15, -0.1) is 11.3 Å². The number of hydrogen-bond donors (Lipinski definition) is 3. The molecule has 0 saturated heterocycles. The highest BCUT2D eigenvalue weighted by Crippen LogP contribution is 2.26. The molecule has 9 nitrogen and oxygen atoms in total. The molecular weight excluding hydrogens is 524 g/mol. The molecule has 0 radical (unpaired) electrons. The van der Waals surface area contributed by atoms with E-state index in [1.165, 1.54) is 23.5 Å². The number of rotatable bonds is 10. The first-order chi connectivity index (χ1) is 18.2. The van der Waals surface area contributed by atoms with Crippen LogP contribution in [0.1, 0.15) is 15.9 Å². The van der Waals surface area contributed by atoms with Crippen molar-refractivity contribution in [1.82, 2.24) is 15.0 Å². The lowest BCUT2D eigenvalue weighted by Crippen LogP contribution is -2.50. The molecule has 1 heterocycles. The van der Waals surface area contributed by atoms with Crippen molar-refractivity contribution in [3.8, 4) is 17.0 Å². The molecule has 0 bridgehead atoms. The van der Waals surface area contributed by atoms with Crippen LogP contribution in [0.4, 0.5) is 5.13 Å². The minimum Gasteiger partial charge on any atom is -0.497 e. The van der Waals surface area contributed by atoms with Crippen LogP contribution in [-0.4, -0.2) is 44.9 Å². The quantitative estimate of drug-likeness (QED) is 0.275. The van der Waals surface area contributed by atoms with Crippen LogP contribution in [0.25, 0.3) is 11.3 Å². The van der Waals surface area contributed by atoms with Gasteiger partial charge in [-0.25, -0.2) is 13.4 Å². The molecule has 0 aliphatic heterocycles. The van der Waals surface area contributed by atoms with Gasteiger partial charge >= 0.3 is 0 Å². The van der Waals surface area contributed by atoms with Gasteiger partial charge in [0.1, 0.15) is 11.8 Å². The van der Waals surface area contributed by atoms with Crippen LogP contribution in [-0.2, 0) is 14.8 Å². The molecule has 0 spiro atoms. The monoisotopic (exact) mass is 550 g/mol. The molecule has 196 valence electrons. The van der Waals surface area contributed by atoms with Gasteiger partial charge in [-0.3, -0.25) is 9.59 Å². The Bertz CT molecular complexity index is 1500. The molecule has 3 aromatic carbocycles. The Morgan fingerprint density at radius 1 is 0.974 bits per heavy atom. The molecule has 0 saturated carbocycles. The number of nitrogens with zero attached hydrogens (tertiary/aromatic N) is 1. The Morgan fingerprint density at radius 3 is 2.32 bits per heavy atom. The molecule has 0 fully saturated rings. The van der Waals surface area contributed by atoms with Gasteiger partial charge in [-0.05, 0) is 55.5 Å². The maximum Gasteiger partial charge on any atom is 0.251 e. The molecule has 3 N–H and O–H groups in total. The minimum atomic E-state index is -4.06. The number of carbonyl (C=O) groups is 2. The Balaban J connectivity index is 1.51. The van der Waals surface area contributed by atoms with E-state index in [2.05, 4.69) is 20.3 Å². The molecule has 1 unspecified atom stereocenters. The van der Waals surface area contributed by atoms with Crippen molar-refractivity contribution < 1.29 is 22.7 Å². The summed E-state index contributed by atoms with van der Waals surface area (Å²) in [5.41, 5.74) is 2.75. The van der Waals surface area contributed by atoms with Gasteiger partial charge in [0.25, 0.3) is 5.91 Å². The third-order valence-electron chi connectivity index (χ3n) is 5.57. The van der Waals surface area contributed by atoms with Gasteiger partial charge in [-0.1, -0.05) is 35.9 Å². The van der Waals surface area contributed by atoms with E-state index in [1.54, 1.807) is 67.1 Å². The molecule has 11 heteroatoms. The number of ether oxygens (including phenoxy) is 1. The van der Waals surface area contributed by atoms with Crippen molar-refractivity contribution in [1.29, 1.82) is 0 Å². The number of anilines is 1. The summed E-state index contributed by atoms with van der Waals surface area (Å²) < 4.78 is 33.7. The molecule has 4 aromatic rings. The summed E-state index contributed by atoms with van der Waals surface area (Å²) in [5, 5.41) is 7.37. The van der Waals surface area contributed by atoms with E-state index in [0.29, 0.717) is 17.0 Å². The number of nitrogens with one attached hydrogen (secondary N) is 3. The van der Waals surface area contributed by atoms with E-state index in [4.69, 9.17) is 4.74 Å². The van der Waals surface area contributed by atoms with E-state index >= 15 is 0 Å². The van der Waals surface area contributed by atoms with Crippen LogP contribution < -0.4 is 20.1 Å². The fourth-order valence-electron chi connectivity index (χ4n) is 3.47. The van der Waals surface area contributed by atoms with Crippen molar-refractivity contribution in [3.63, 3.8) is 0 Å². The molecule has 0 aliphatic rings. The number of hydrogen-bond acceptors (Lipinski definition) is 7. The third-order valence-corrected chi connectivity index (χ3v) is 7.81. The fraction of sp³-hybridized carbons (Fsp3) is 0.148. The SMILES string of the molecule is COc1ccc(-c2csc(NC(=O)C(CNC(=O)c3ccccc3)NS(=O)(=O)c3ccc(C)cc3)n2)cc1. The number of methoxy groups -OCH3 is 1. The Kier molecular flexibility index (Phi) is 8.52. The standard InChI is InChI=1S/C27H26N4O5S2/c1-18-8-14-22(15-9-18)38(34,35)31-23(16-28-25(32)20-6-4-3-5-7-20)26(33)30-27-29-24(17-37-27)19-10-12-21(36-2)13-11-19/h3-15,17,23,31H,16H2,1-2H3,(H,28,32)(H,29,30,33). The lowest BCUT2D eigenvalue weighted by molar-refractivity contribution is -0.117. The van der Waals surface area contributed by atoms with Gasteiger partial charge in [0.05, 0.1) is 17.7 Å². The molecule has 1 aromatic heterocycles. The molecule has 4 rings (SSSR count). The number of carbonyl (C=O) groups excluding carboxylic acids is 2. The maximum absolute atomic E-state index is 13.2. The first kappa shape index (κ1) is 27.0. The number of benzene rings is 3. The molecule has 2 amide bonds. The molecule has 38 heavy (non-hydrogen) atoms. The van der Waals surface area contributed by atoms with E-state index < -0.39 is 27.9 Å². The predicted molar refractivity (Wildman–Crippen MR) is 147 cm³/mol. The van der Waals surface area contributed by atoms with E-state index in [1.807, 2.05) is 19.1 Å². The average Bonchev–Trinajstić information content (AvgIpc) is 3.40. The van der Waals surface area contributed by atoms with Gasteiger partial charge in [0.15, 0.2) is 5.13 Å².